The lowest BCUT2D eigenvalue weighted by Crippen LogP contribution is -2.19. The molecule has 7 nitrogen and oxygen atoms in total. The summed E-state index contributed by atoms with van der Waals surface area (Å²) in [4.78, 5) is 0.343. The summed E-state index contributed by atoms with van der Waals surface area (Å²) in [7, 11) is -3.29. The van der Waals surface area contributed by atoms with Gasteiger partial charge in [-0.3, -0.25) is 5.01 Å². The Bertz CT molecular complexity index is 922. The van der Waals surface area contributed by atoms with Gasteiger partial charge in [0.05, 0.1) is 23.1 Å². The van der Waals surface area contributed by atoms with Gasteiger partial charge in [-0.05, 0) is 43.7 Å². The number of hydrogen-bond acceptors (Lipinski definition) is 6. The zero-order valence-electron chi connectivity index (χ0n) is 18.2. The quantitative estimate of drug-likeness (QED) is 0.0758. The summed E-state index contributed by atoms with van der Waals surface area (Å²) in [6.07, 6.45) is 6.73. The van der Waals surface area contributed by atoms with Crippen LogP contribution in [0.15, 0.2) is 99.1 Å². The van der Waals surface area contributed by atoms with Gasteiger partial charge in [-0.25, -0.2) is 8.42 Å². The number of benzene rings is 1. The van der Waals surface area contributed by atoms with Crippen molar-refractivity contribution in [3.63, 3.8) is 0 Å². The first-order valence-electron chi connectivity index (χ1n) is 9.65. The minimum atomic E-state index is -3.29. The molecule has 0 fully saturated rings. The highest BCUT2D eigenvalue weighted by Gasteiger charge is 2.13. The molecule has 0 saturated carbocycles. The minimum absolute atomic E-state index is 0.0636. The van der Waals surface area contributed by atoms with E-state index in [1.54, 1.807) is 35.3 Å². The molecule has 0 saturated heterocycles. The van der Waals surface area contributed by atoms with E-state index in [1.807, 2.05) is 26.0 Å². The van der Waals surface area contributed by atoms with E-state index in [9.17, 15) is 8.42 Å². The average molecular weight is 462 g/mol. The number of allylic oxidation sites excluding steroid dienone is 4. The van der Waals surface area contributed by atoms with E-state index in [0.717, 1.165) is 23.4 Å². The van der Waals surface area contributed by atoms with Gasteiger partial charge in [0, 0.05) is 23.9 Å². The minimum Gasteiger partial charge on any atom is -0.360 e. The normalized spacial score (nSPS) is 12.3. The Morgan fingerprint density at radius 1 is 1.23 bits per heavy atom. The molecule has 0 aromatic heterocycles. The van der Waals surface area contributed by atoms with E-state index >= 15 is 0 Å². The first-order valence-corrected chi connectivity index (χ1v) is 12.5. The Balaban J connectivity index is 2.52. The van der Waals surface area contributed by atoms with Crippen LogP contribution in [0, 0.1) is 0 Å². The number of hydrogen-bond donors (Lipinski definition) is 1. The molecule has 0 unspecified atom stereocenters. The molecule has 0 spiro atoms. The molecule has 0 bridgehead atoms. The van der Waals surface area contributed by atoms with Gasteiger partial charge in [-0.15, -0.1) is 16.9 Å². The van der Waals surface area contributed by atoms with Gasteiger partial charge >= 0.3 is 0 Å². The summed E-state index contributed by atoms with van der Waals surface area (Å²) < 4.78 is 24.7. The van der Waals surface area contributed by atoms with Crippen LogP contribution in [0.2, 0.25) is 0 Å². The zero-order chi connectivity index (χ0) is 23.1. The fraction of sp³-hybridized carbons (Fsp3) is 0.318. The second kappa shape index (κ2) is 14.4. The van der Waals surface area contributed by atoms with Gasteiger partial charge in [0.25, 0.3) is 0 Å². The van der Waals surface area contributed by atoms with Gasteiger partial charge in [0.1, 0.15) is 0 Å². The van der Waals surface area contributed by atoms with Crippen molar-refractivity contribution in [1.29, 1.82) is 0 Å². The molecular formula is C22H31N5O2S2. The largest absolute Gasteiger partial charge is 0.360 e. The number of sulfone groups is 1. The van der Waals surface area contributed by atoms with Crippen LogP contribution in [0.4, 0.5) is 0 Å². The summed E-state index contributed by atoms with van der Waals surface area (Å²) >= 11 is 1.47. The molecule has 168 valence electrons. The van der Waals surface area contributed by atoms with Crippen LogP contribution in [0.1, 0.15) is 20.3 Å². The SMILES string of the molecule is C=N/N=N\N(CSCCS(=O)(=O)c1ccccc1)C/C(C)=C/C/C=C\C(=C)NC(=C)C. The lowest BCUT2D eigenvalue weighted by molar-refractivity contribution is 0.339. The van der Waals surface area contributed by atoms with Crippen molar-refractivity contribution in [3.8, 4) is 0 Å². The van der Waals surface area contributed by atoms with Crippen LogP contribution in [0.5, 0.6) is 0 Å². The zero-order valence-corrected chi connectivity index (χ0v) is 19.8. The van der Waals surface area contributed by atoms with Crippen LogP contribution in [-0.2, 0) is 9.84 Å². The first-order chi connectivity index (χ1) is 14.7. The average Bonchev–Trinajstić information content (AvgIpc) is 2.72. The van der Waals surface area contributed by atoms with Crippen molar-refractivity contribution in [3.05, 3.63) is 78.7 Å². The van der Waals surface area contributed by atoms with Crippen molar-refractivity contribution in [1.82, 2.24) is 10.3 Å². The Morgan fingerprint density at radius 2 is 1.94 bits per heavy atom. The molecular weight excluding hydrogens is 430 g/mol. The highest BCUT2D eigenvalue weighted by atomic mass is 32.2. The Kier molecular flexibility index (Phi) is 12.2. The summed E-state index contributed by atoms with van der Waals surface area (Å²) in [6.45, 7) is 15.4. The molecule has 9 heteroatoms. The van der Waals surface area contributed by atoms with Gasteiger partial charge < -0.3 is 5.32 Å². The summed E-state index contributed by atoms with van der Waals surface area (Å²) in [5, 5.41) is 15.8. The molecule has 0 heterocycles. The van der Waals surface area contributed by atoms with Crippen molar-refractivity contribution < 1.29 is 8.42 Å². The molecule has 0 aliphatic heterocycles. The molecule has 0 amide bonds. The fourth-order valence-electron chi connectivity index (χ4n) is 2.42. The third-order valence-corrected chi connectivity index (χ3v) is 6.76. The van der Waals surface area contributed by atoms with E-state index in [2.05, 4.69) is 46.8 Å². The predicted molar refractivity (Wildman–Crippen MR) is 132 cm³/mol. The highest BCUT2D eigenvalue weighted by molar-refractivity contribution is 8.00. The van der Waals surface area contributed by atoms with Gasteiger partial charge in [-0.2, -0.15) is 0 Å². The summed E-state index contributed by atoms with van der Waals surface area (Å²) in [6, 6.07) is 8.47. The maximum atomic E-state index is 12.4. The molecule has 0 aliphatic rings. The summed E-state index contributed by atoms with van der Waals surface area (Å²) in [5.74, 6) is 1.01. The first kappa shape index (κ1) is 26.4. The predicted octanol–water partition coefficient (Wildman–Crippen LogP) is 4.97. The van der Waals surface area contributed by atoms with E-state index in [1.165, 1.54) is 11.8 Å². The number of thioether (sulfide) groups is 1. The molecule has 1 rings (SSSR count). The van der Waals surface area contributed by atoms with Gasteiger partial charge in [0.2, 0.25) is 0 Å². The van der Waals surface area contributed by atoms with Crippen molar-refractivity contribution in [2.75, 3.05) is 23.9 Å². The Hall–Kier alpha value is -2.65. The van der Waals surface area contributed by atoms with Crippen LogP contribution in [-0.4, -0.2) is 44.1 Å². The molecule has 1 aromatic rings. The van der Waals surface area contributed by atoms with E-state index in [4.69, 9.17) is 0 Å². The van der Waals surface area contributed by atoms with Gasteiger partial charge in [-0.1, -0.05) is 54.3 Å². The van der Waals surface area contributed by atoms with Crippen molar-refractivity contribution in [2.24, 2.45) is 15.5 Å². The number of nitrogens with one attached hydrogen (secondary N) is 1. The molecule has 1 aromatic carbocycles. The number of rotatable bonds is 15. The molecule has 0 atom stereocenters. The third kappa shape index (κ3) is 12.0. The van der Waals surface area contributed by atoms with Crippen molar-refractivity contribution >= 4 is 28.3 Å². The topological polar surface area (TPSA) is 86.5 Å². The van der Waals surface area contributed by atoms with E-state index < -0.39 is 9.84 Å². The third-order valence-electron chi connectivity index (χ3n) is 3.80. The lowest BCUT2D eigenvalue weighted by Gasteiger charge is -2.17. The highest BCUT2D eigenvalue weighted by Crippen LogP contribution is 2.14. The molecule has 1 N–H and O–H groups in total. The van der Waals surface area contributed by atoms with Crippen LogP contribution < -0.4 is 5.32 Å². The molecule has 0 aliphatic carbocycles. The maximum Gasteiger partial charge on any atom is 0.179 e. The smallest absolute Gasteiger partial charge is 0.179 e. The Labute approximate surface area is 190 Å². The van der Waals surface area contributed by atoms with E-state index in [0.29, 0.717) is 23.1 Å². The van der Waals surface area contributed by atoms with Crippen molar-refractivity contribution in [2.45, 2.75) is 25.2 Å². The van der Waals surface area contributed by atoms with E-state index in [-0.39, 0.29) is 5.75 Å². The van der Waals surface area contributed by atoms with Crippen LogP contribution in [0.25, 0.3) is 0 Å². The molecule has 0 radical (unpaired) electrons. The van der Waals surface area contributed by atoms with Crippen LogP contribution in [0.3, 0.4) is 0 Å². The second-order valence-electron chi connectivity index (χ2n) is 6.77. The Morgan fingerprint density at radius 3 is 2.58 bits per heavy atom. The lowest BCUT2D eigenvalue weighted by atomic mass is 10.2. The summed E-state index contributed by atoms with van der Waals surface area (Å²) in [5.41, 5.74) is 2.73. The van der Waals surface area contributed by atoms with Crippen LogP contribution >= 0.6 is 11.8 Å². The van der Waals surface area contributed by atoms with Gasteiger partial charge in [0.15, 0.2) is 9.84 Å². The standard InChI is InChI=1S/C22H31N5O2S2/c1-19(2)24-21(4)12-10-9-11-20(3)17-27(26-25-23-5)18-30-15-16-31(28,29)22-13-7-6-8-14-22/h6-8,10-14,24H,1,4-5,9,15-18H2,2-3H3/b12-10-,20-11+,26-25-. The maximum absolute atomic E-state index is 12.4. The fourth-order valence-corrected chi connectivity index (χ4v) is 5.06. The molecule has 31 heavy (non-hydrogen) atoms. The second-order valence-corrected chi connectivity index (χ2v) is 9.96. The number of nitrogens with zero attached hydrogens (tertiary/aromatic N) is 4. The monoisotopic (exact) mass is 461 g/mol.